The van der Waals surface area contributed by atoms with Gasteiger partial charge in [0.25, 0.3) is 0 Å². The van der Waals surface area contributed by atoms with Crippen LogP contribution in [0.25, 0.3) is 0 Å². The molecular formula is C22H37N3O4S. The van der Waals surface area contributed by atoms with Crippen LogP contribution in [0.1, 0.15) is 39.5 Å². The number of methoxy groups -OCH3 is 1. The number of ether oxygens (including phenoxy) is 1. The molecule has 7 nitrogen and oxygen atoms in total. The molecule has 170 valence electrons. The summed E-state index contributed by atoms with van der Waals surface area (Å²) >= 11 is 0. The monoisotopic (exact) mass is 439 g/mol. The van der Waals surface area contributed by atoms with Gasteiger partial charge in [-0.1, -0.05) is 32.0 Å². The summed E-state index contributed by atoms with van der Waals surface area (Å²) in [6, 6.07) is 8.82. The van der Waals surface area contributed by atoms with Gasteiger partial charge in [0.2, 0.25) is 10.0 Å². The van der Waals surface area contributed by atoms with E-state index in [2.05, 4.69) is 18.7 Å². The Morgan fingerprint density at radius 1 is 1.23 bits per heavy atom. The lowest BCUT2D eigenvalue weighted by atomic mass is 10.0. The molecule has 1 heterocycles. The quantitative estimate of drug-likeness (QED) is 0.560. The normalized spacial score (nSPS) is 17.1. The van der Waals surface area contributed by atoms with Crippen molar-refractivity contribution in [2.45, 2.75) is 50.5 Å². The Kier molecular flexibility index (Phi) is 9.58. The summed E-state index contributed by atoms with van der Waals surface area (Å²) in [5, 5.41) is 0. The maximum Gasteiger partial charge on any atom is 0.409 e. The summed E-state index contributed by atoms with van der Waals surface area (Å²) in [7, 11) is -0.347. The Morgan fingerprint density at radius 3 is 2.43 bits per heavy atom. The van der Waals surface area contributed by atoms with Gasteiger partial charge in [-0.15, -0.1) is 0 Å². The van der Waals surface area contributed by atoms with Crippen LogP contribution in [0.15, 0.2) is 35.2 Å². The molecule has 0 bridgehead atoms. The van der Waals surface area contributed by atoms with Gasteiger partial charge in [-0.2, -0.15) is 0 Å². The standard InChI is InChI=1S/C22H37N3O4S/c1-5-14-25(22(26)29-4)20-12-16-24(17-13-20)15-11-19(2)18-23(3)30(27,28)21-9-7-6-8-10-21/h6-10,19-20H,5,11-18H2,1-4H3. The number of benzene rings is 1. The molecule has 1 aromatic rings. The summed E-state index contributed by atoms with van der Waals surface area (Å²) in [6.07, 6.45) is 3.53. The number of hydrogen-bond acceptors (Lipinski definition) is 5. The van der Waals surface area contributed by atoms with Crippen molar-refractivity contribution in [3.8, 4) is 0 Å². The highest BCUT2D eigenvalue weighted by Gasteiger charge is 2.28. The van der Waals surface area contributed by atoms with Crippen molar-refractivity contribution < 1.29 is 17.9 Å². The molecule has 1 saturated heterocycles. The van der Waals surface area contributed by atoms with Crippen LogP contribution < -0.4 is 0 Å². The fourth-order valence-electron chi connectivity index (χ4n) is 4.04. The third-order valence-electron chi connectivity index (χ3n) is 5.83. The largest absolute Gasteiger partial charge is 0.453 e. The van der Waals surface area contributed by atoms with Gasteiger partial charge in [-0.25, -0.2) is 17.5 Å². The third-order valence-corrected chi connectivity index (χ3v) is 7.67. The summed E-state index contributed by atoms with van der Waals surface area (Å²) in [5.74, 6) is 0.262. The predicted octanol–water partition coefficient (Wildman–Crippen LogP) is 3.28. The van der Waals surface area contributed by atoms with Crippen molar-refractivity contribution in [1.29, 1.82) is 0 Å². The summed E-state index contributed by atoms with van der Waals surface area (Å²) in [6.45, 7) is 8.25. The molecule has 0 aliphatic carbocycles. The molecule has 1 aliphatic rings. The van der Waals surface area contributed by atoms with E-state index in [1.165, 1.54) is 11.4 Å². The van der Waals surface area contributed by atoms with Crippen molar-refractivity contribution in [2.24, 2.45) is 5.92 Å². The number of carbonyl (C=O) groups excluding carboxylic acids is 1. The Labute approximate surface area is 182 Å². The van der Waals surface area contributed by atoms with E-state index >= 15 is 0 Å². The number of hydrogen-bond donors (Lipinski definition) is 0. The van der Waals surface area contributed by atoms with Gasteiger partial charge in [0.05, 0.1) is 12.0 Å². The number of piperidine rings is 1. The summed E-state index contributed by atoms with van der Waals surface area (Å²) < 4.78 is 31.8. The lowest BCUT2D eigenvalue weighted by molar-refractivity contribution is 0.0767. The Balaban J connectivity index is 1.78. The molecule has 1 aromatic carbocycles. The first kappa shape index (κ1) is 24.6. The van der Waals surface area contributed by atoms with Crippen LogP contribution in [-0.4, -0.2) is 81.5 Å². The molecule has 0 radical (unpaired) electrons. The molecule has 8 heteroatoms. The number of rotatable bonds is 10. The zero-order valence-electron chi connectivity index (χ0n) is 18.8. The molecule has 0 N–H and O–H groups in total. The van der Waals surface area contributed by atoms with Crippen LogP contribution in [0, 0.1) is 5.92 Å². The van der Waals surface area contributed by atoms with E-state index < -0.39 is 10.0 Å². The SMILES string of the molecule is CCCN(C(=O)OC)C1CCN(CCC(C)CN(C)S(=O)(=O)c2ccccc2)CC1. The minimum atomic E-state index is -3.44. The number of carbonyl (C=O) groups is 1. The van der Waals surface area contributed by atoms with E-state index in [0.717, 1.165) is 51.9 Å². The second-order valence-corrected chi connectivity index (χ2v) is 10.3. The number of amides is 1. The van der Waals surface area contributed by atoms with E-state index in [1.807, 2.05) is 11.0 Å². The van der Waals surface area contributed by atoms with Gasteiger partial charge < -0.3 is 14.5 Å². The van der Waals surface area contributed by atoms with E-state index in [9.17, 15) is 13.2 Å². The van der Waals surface area contributed by atoms with E-state index in [-0.39, 0.29) is 18.1 Å². The van der Waals surface area contributed by atoms with Crippen LogP contribution in [0.3, 0.4) is 0 Å². The average Bonchev–Trinajstić information content (AvgIpc) is 2.76. The Hall–Kier alpha value is -1.64. The predicted molar refractivity (Wildman–Crippen MR) is 119 cm³/mol. The molecule has 0 saturated carbocycles. The maximum absolute atomic E-state index is 12.7. The number of sulfonamides is 1. The number of likely N-dealkylation sites (tertiary alicyclic amines) is 1. The van der Waals surface area contributed by atoms with E-state index in [1.54, 1.807) is 31.3 Å². The van der Waals surface area contributed by atoms with Crippen molar-refractivity contribution >= 4 is 16.1 Å². The smallest absolute Gasteiger partial charge is 0.409 e. The van der Waals surface area contributed by atoms with Crippen molar-refractivity contribution in [3.05, 3.63) is 30.3 Å². The van der Waals surface area contributed by atoms with Gasteiger partial charge >= 0.3 is 6.09 Å². The molecule has 0 spiro atoms. The van der Waals surface area contributed by atoms with Crippen LogP contribution in [0.2, 0.25) is 0 Å². The van der Waals surface area contributed by atoms with Crippen LogP contribution in [0.4, 0.5) is 4.79 Å². The molecular weight excluding hydrogens is 402 g/mol. The third kappa shape index (κ3) is 6.68. The van der Waals surface area contributed by atoms with Gasteiger partial charge in [-0.05, 0) is 50.3 Å². The van der Waals surface area contributed by atoms with E-state index in [4.69, 9.17) is 4.74 Å². The van der Waals surface area contributed by atoms with Gasteiger partial charge in [0.15, 0.2) is 0 Å². The topological polar surface area (TPSA) is 70.2 Å². The van der Waals surface area contributed by atoms with Crippen LogP contribution in [0.5, 0.6) is 0 Å². The maximum atomic E-state index is 12.7. The number of nitrogens with zero attached hydrogens (tertiary/aromatic N) is 3. The lowest BCUT2D eigenvalue weighted by Crippen LogP contribution is -2.48. The Morgan fingerprint density at radius 2 is 1.87 bits per heavy atom. The highest BCUT2D eigenvalue weighted by Crippen LogP contribution is 2.20. The van der Waals surface area contributed by atoms with Crippen LogP contribution >= 0.6 is 0 Å². The molecule has 1 fully saturated rings. The van der Waals surface area contributed by atoms with Gasteiger partial charge in [0, 0.05) is 39.3 Å². The highest BCUT2D eigenvalue weighted by molar-refractivity contribution is 7.89. The molecule has 1 aliphatic heterocycles. The first-order valence-electron chi connectivity index (χ1n) is 10.9. The molecule has 1 unspecified atom stereocenters. The Bertz CT molecular complexity index is 749. The fraction of sp³-hybridized carbons (Fsp3) is 0.682. The van der Waals surface area contributed by atoms with Crippen molar-refractivity contribution in [1.82, 2.24) is 14.1 Å². The van der Waals surface area contributed by atoms with Crippen LogP contribution in [-0.2, 0) is 14.8 Å². The lowest BCUT2D eigenvalue weighted by Gasteiger charge is -2.38. The summed E-state index contributed by atoms with van der Waals surface area (Å²) in [5.41, 5.74) is 0. The second kappa shape index (κ2) is 11.7. The molecule has 2 rings (SSSR count). The molecule has 1 amide bonds. The van der Waals surface area contributed by atoms with Crippen molar-refractivity contribution in [3.63, 3.8) is 0 Å². The zero-order valence-corrected chi connectivity index (χ0v) is 19.6. The van der Waals surface area contributed by atoms with E-state index in [0.29, 0.717) is 11.4 Å². The highest BCUT2D eigenvalue weighted by atomic mass is 32.2. The molecule has 0 aromatic heterocycles. The molecule has 30 heavy (non-hydrogen) atoms. The fourth-order valence-corrected chi connectivity index (χ4v) is 5.35. The second-order valence-electron chi connectivity index (χ2n) is 8.23. The first-order chi connectivity index (χ1) is 14.3. The average molecular weight is 440 g/mol. The van der Waals surface area contributed by atoms with Crippen molar-refractivity contribution in [2.75, 3.05) is 46.9 Å². The molecule has 1 atom stereocenters. The van der Waals surface area contributed by atoms with Gasteiger partial charge in [0.1, 0.15) is 0 Å². The summed E-state index contributed by atoms with van der Waals surface area (Å²) in [4.78, 5) is 16.6. The zero-order chi connectivity index (χ0) is 22.1. The minimum Gasteiger partial charge on any atom is -0.453 e. The minimum absolute atomic E-state index is 0.230. The van der Waals surface area contributed by atoms with Gasteiger partial charge in [-0.3, -0.25) is 0 Å². The first-order valence-corrected chi connectivity index (χ1v) is 12.3.